The Bertz CT molecular complexity index is 581. The number of nitrogens with zero attached hydrogens (tertiary/aromatic N) is 3. The van der Waals surface area contributed by atoms with Gasteiger partial charge in [0.25, 0.3) is 0 Å². The fourth-order valence-corrected chi connectivity index (χ4v) is 3.81. The quantitative estimate of drug-likeness (QED) is 0.685. The van der Waals surface area contributed by atoms with E-state index in [0.29, 0.717) is 23.1 Å². The van der Waals surface area contributed by atoms with Crippen LogP contribution in [0.15, 0.2) is 0 Å². The summed E-state index contributed by atoms with van der Waals surface area (Å²) in [5, 5.41) is 12.3. The van der Waals surface area contributed by atoms with Gasteiger partial charge >= 0.3 is 0 Å². The summed E-state index contributed by atoms with van der Waals surface area (Å²) in [7, 11) is 1.73. The molecule has 0 saturated heterocycles. The third-order valence-corrected chi connectivity index (χ3v) is 5.57. The molecule has 1 heterocycles. The summed E-state index contributed by atoms with van der Waals surface area (Å²) in [6, 6.07) is 0.127. The number of nitriles is 1. The molecule has 1 aliphatic carbocycles. The van der Waals surface area contributed by atoms with Crippen LogP contribution >= 0.6 is 22.9 Å². The van der Waals surface area contributed by atoms with E-state index in [-0.39, 0.29) is 23.3 Å². The fraction of sp³-hybridized carbons (Fsp3) is 0.643. The summed E-state index contributed by atoms with van der Waals surface area (Å²) >= 11 is 7.65. The fourth-order valence-electron chi connectivity index (χ4n) is 2.29. The van der Waals surface area contributed by atoms with E-state index in [1.165, 1.54) is 11.3 Å². The van der Waals surface area contributed by atoms with Gasteiger partial charge in [0.05, 0.1) is 4.88 Å². The van der Waals surface area contributed by atoms with Gasteiger partial charge in [-0.05, 0) is 18.3 Å². The van der Waals surface area contributed by atoms with Crippen LogP contribution in [0, 0.1) is 17.4 Å². The van der Waals surface area contributed by atoms with Crippen LogP contribution in [-0.4, -0.2) is 24.0 Å². The molecule has 0 aromatic carbocycles. The molecule has 0 radical (unpaired) electrons. The molecule has 2 rings (SSSR count). The normalized spacial score (nSPS) is 21.3. The molecule has 0 bridgehead atoms. The van der Waals surface area contributed by atoms with Crippen LogP contribution in [0.4, 0.5) is 5.13 Å². The smallest absolute Gasteiger partial charge is 0.231 e. The Kier molecular flexibility index (Phi) is 4.45. The first-order chi connectivity index (χ1) is 9.74. The van der Waals surface area contributed by atoms with Crippen LogP contribution in [0.1, 0.15) is 38.5 Å². The Hall–Kier alpha value is -1.32. The lowest BCUT2D eigenvalue weighted by atomic mass is 9.79. The maximum atomic E-state index is 12.4. The van der Waals surface area contributed by atoms with Gasteiger partial charge in [0.15, 0.2) is 11.3 Å². The van der Waals surface area contributed by atoms with Crippen molar-refractivity contribution in [2.24, 2.45) is 5.92 Å². The topological polar surface area (TPSA) is 69.0 Å². The number of thiazole rings is 1. The zero-order chi connectivity index (χ0) is 15.8. The van der Waals surface area contributed by atoms with E-state index in [1.807, 2.05) is 6.19 Å². The van der Waals surface area contributed by atoms with Gasteiger partial charge in [-0.15, -0.1) is 0 Å². The Morgan fingerprint density at radius 2 is 2.14 bits per heavy atom. The lowest BCUT2D eigenvalue weighted by Crippen LogP contribution is -2.46. The molecule has 1 amide bonds. The van der Waals surface area contributed by atoms with Crippen molar-refractivity contribution < 1.29 is 4.79 Å². The Morgan fingerprint density at radius 3 is 2.62 bits per heavy atom. The predicted octanol–water partition coefficient (Wildman–Crippen LogP) is 2.91. The Balaban J connectivity index is 2.06. The van der Waals surface area contributed by atoms with E-state index in [9.17, 15) is 4.79 Å². The zero-order valence-electron chi connectivity index (χ0n) is 12.6. The van der Waals surface area contributed by atoms with E-state index in [2.05, 4.69) is 31.1 Å². The minimum atomic E-state index is -0.0881. The summed E-state index contributed by atoms with van der Waals surface area (Å²) in [6.07, 6.45) is 3.31. The monoisotopic (exact) mass is 326 g/mol. The van der Waals surface area contributed by atoms with Crippen LogP contribution in [0.25, 0.3) is 0 Å². The Labute approximate surface area is 133 Å². The van der Waals surface area contributed by atoms with Crippen LogP contribution < -0.4 is 10.2 Å². The van der Waals surface area contributed by atoms with Gasteiger partial charge in [0, 0.05) is 19.0 Å². The number of carbonyl (C=O) groups is 1. The number of hydrogen-bond donors (Lipinski definition) is 1. The first-order valence-corrected chi connectivity index (χ1v) is 8.02. The van der Waals surface area contributed by atoms with Crippen LogP contribution in [-0.2, 0) is 10.2 Å². The van der Waals surface area contributed by atoms with Crippen molar-refractivity contribution in [2.45, 2.75) is 45.1 Å². The molecule has 1 aliphatic rings. The molecular formula is C14H19ClN4OS. The minimum Gasteiger partial charge on any atom is -0.321 e. The molecule has 1 N–H and O–H groups in total. The van der Waals surface area contributed by atoms with Crippen molar-refractivity contribution in [3.63, 3.8) is 0 Å². The van der Waals surface area contributed by atoms with Crippen molar-refractivity contribution in [1.29, 1.82) is 5.26 Å². The summed E-state index contributed by atoms with van der Waals surface area (Å²) in [5.41, 5.74) is -0.0881. The molecule has 0 unspecified atom stereocenters. The van der Waals surface area contributed by atoms with E-state index in [0.717, 1.165) is 4.88 Å². The van der Waals surface area contributed by atoms with Gasteiger partial charge < -0.3 is 5.32 Å². The third kappa shape index (κ3) is 3.30. The van der Waals surface area contributed by atoms with Gasteiger partial charge in [-0.25, -0.2) is 4.98 Å². The number of nitrogens with one attached hydrogen (secondary N) is 1. The van der Waals surface area contributed by atoms with Crippen molar-refractivity contribution in [1.82, 2.24) is 10.3 Å². The maximum absolute atomic E-state index is 12.4. The number of rotatable bonds is 3. The van der Waals surface area contributed by atoms with Crippen molar-refractivity contribution in [3.8, 4) is 6.19 Å². The standard InChI is InChI=1S/C14H19ClN4OS/c1-14(2,3)10-11(15)18-13(21-10)19(4)12(20)8-5-9(6-8)17-7-16/h8-9,17H,5-6H2,1-4H3/t8-,9-. The number of amides is 1. The van der Waals surface area contributed by atoms with Gasteiger partial charge in [-0.3, -0.25) is 9.69 Å². The van der Waals surface area contributed by atoms with Gasteiger partial charge in [0.2, 0.25) is 5.91 Å². The second-order valence-corrected chi connectivity index (χ2v) is 7.72. The highest BCUT2D eigenvalue weighted by atomic mass is 35.5. The summed E-state index contributed by atoms with van der Waals surface area (Å²) in [5.74, 6) is -0.00141. The lowest BCUT2D eigenvalue weighted by Gasteiger charge is -2.34. The molecule has 0 aliphatic heterocycles. The second kappa shape index (κ2) is 5.82. The highest BCUT2D eigenvalue weighted by Crippen LogP contribution is 2.39. The molecule has 0 atom stereocenters. The molecule has 7 heteroatoms. The number of hydrogen-bond acceptors (Lipinski definition) is 5. The molecule has 114 valence electrons. The molecule has 5 nitrogen and oxygen atoms in total. The van der Waals surface area contributed by atoms with E-state index < -0.39 is 0 Å². The first kappa shape index (κ1) is 16.1. The van der Waals surface area contributed by atoms with E-state index in [1.54, 1.807) is 11.9 Å². The average molecular weight is 327 g/mol. The van der Waals surface area contributed by atoms with Crippen molar-refractivity contribution >= 4 is 34.0 Å². The van der Waals surface area contributed by atoms with Crippen LogP contribution in [0.5, 0.6) is 0 Å². The highest BCUT2D eigenvalue weighted by Gasteiger charge is 2.37. The SMILES string of the molecule is CN(c1nc(Cl)c(C(C)(C)C)s1)C(=O)[C@H]1C[C@H](NC#N)C1. The van der Waals surface area contributed by atoms with Crippen LogP contribution in [0.2, 0.25) is 5.15 Å². The molecular weight excluding hydrogens is 308 g/mol. The molecule has 0 spiro atoms. The summed E-state index contributed by atoms with van der Waals surface area (Å²) in [4.78, 5) is 19.3. The van der Waals surface area contributed by atoms with Crippen molar-refractivity contribution in [3.05, 3.63) is 10.0 Å². The molecule has 1 aromatic heterocycles. The van der Waals surface area contributed by atoms with E-state index >= 15 is 0 Å². The number of halogens is 1. The minimum absolute atomic E-state index is 0.0388. The summed E-state index contributed by atoms with van der Waals surface area (Å²) in [6.45, 7) is 6.21. The molecule has 21 heavy (non-hydrogen) atoms. The zero-order valence-corrected chi connectivity index (χ0v) is 14.2. The second-order valence-electron chi connectivity index (χ2n) is 6.39. The Morgan fingerprint density at radius 1 is 1.52 bits per heavy atom. The van der Waals surface area contributed by atoms with Gasteiger partial charge in [-0.2, -0.15) is 5.26 Å². The van der Waals surface area contributed by atoms with Gasteiger partial charge in [-0.1, -0.05) is 43.7 Å². The maximum Gasteiger partial charge on any atom is 0.231 e. The molecule has 1 saturated carbocycles. The summed E-state index contributed by atoms with van der Waals surface area (Å²) < 4.78 is 0. The average Bonchev–Trinajstić information content (AvgIpc) is 2.73. The van der Waals surface area contributed by atoms with Crippen LogP contribution in [0.3, 0.4) is 0 Å². The molecule has 1 fully saturated rings. The van der Waals surface area contributed by atoms with Gasteiger partial charge in [0.1, 0.15) is 5.15 Å². The number of aromatic nitrogens is 1. The van der Waals surface area contributed by atoms with Crippen molar-refractivity contribution in [2.75, 3.05) is 11.9 Å². The van der Waals surface area contributed by atoms with E-state index in [4.69, 9.17) is 16.9 Å². The largest absolute Gasteiger partial charge is 0.321 e. The number of carbonyl (C=O) groups excluding carboxylic acids is 1. The lowest BCUT2D eigenvalue weighted by molar-refractivity contribution is -0.125. The predicted molar refractivity (Wildman–Crippen MR) is 84.5 cm³/mol. The number of anilines is 1. The first-order valence-electron chi connectivity index (χ1n) is 6.83. The third-order valence-electron chi connectivity index (χ3n) is 3.63. The highest BCUT2D eigenvalue weighted by molar-refractivity contribution is 7.16. The molecule has 1 aromatic rings.